The zero-order valence-corrected chi connectivity index (χ0v) is 19.2. The van der Waals surface area contributed by atoms with Gasteiger partial charge < -0.3 is 34.0 Å². The molecule has 2 aliphatic heterocycles. The van der Waals surface area contributed by atoms with Crippen LogP contribution in [0.15, 0.2) is 0 Å². The van der Waals surface area contributed by atoms with Crippen LogP contribution in [0.25, 0.3) is 0 Å². The summed E-state index contributed by atoms with van der Waals surface area (Å²) in [7, 11) is 6.27. The van der Waals surface area contributed by atoms with Crippen molar-refractivity contribution in [2.75, 3.05) is 113 Å². The monoisotopic (exact) mass is 427 g/mol. The summed E-state index contributed by atoms with van der Waals surface area (Å²) in [6.45, 7) is 10.9. The fraction of sp³-hybridized carbons (Fsp3) is 0.905. The molecule has 0 spiro atoms. The molecule has 0 N–H and O–H groups in total. The number of morpholine rings is 2. The molecule has 2 fully saturated rings. The maximum Gasteiger partial charge on any atom is 0.224 e. The first-order chi connectivity index (χ1) is 14.5. The number of likely N-dealkylation sites (N-methyl/N-ethyl adjacent to an activating group) is 3. The van der Waals surface area contributed by atoms with Gasteiger partial charge in [-0.05, 0) is 21.1 Å². The first kappa shape index (κ1) is 25.0. The van der Waals surface area contributed by atoms with Crippen molar-refractivity contribution in [3.8, 4) is 0 Å². The van der Waals surface area contributed by atoms with E-state index in [9.17, 15) is 9.59 Å². The largest absolute Gasteiger partial charge is 0.378 e. The summed E-state index contributed by atoms with van der Waals surface area (Å²) >= 11 is 0. The van der Waals surface area contributed by atoms with Crippen LogP contribution in [0.1, 0.15) is 12.8 Å². The third-order valence-corrected chi connectivity index (χ3v) is 5.87. The van der Waals surface area contributed by atoms with Crippen LogP contribution in [0, 0.1) is 0 Å². The van der Waals surface area contributed by atoms with Gasteiger partial charge in [0, 0.05) is 78.3 Å². The lowest BCUT2D eigenvalue weighted by atomic mass is 10.3. The molecule has 30 heavy (non-hydrogen) atoms. The normalized spacial score (nSPS) is 17.9. The van der Waals surface area contributed by atoms with Gasteiger partial charge >= 0.3 is 0 Å². The van der Waals surface area contributed by atoms with E-state index in [1.54, 1.807) is 0 Å². The van der Waals surface area contributed by atoms with Gasteiger partial charge in [0.15, 0.2) is 0 Å². The molecule has 0 saturated carbocycles. The first-order valence-corrected chi connectivity index (χ1v) is 11.2. The van der Waals surface area contributed by atoms with Gasteiger partial charge in [0.1, 0.15) is 0 Å². The lowest BCUT2D eigenvalue weighted by Gasteiger charge is -2.28. The van der Waals surface area contributed by atoms with Gasteiger partial charge in [0.05, 0.1) is 26.4 Å². The van der Waals surface area contributed by atoms with Crippen LogP contribution in [-0.4, -0.2) is 149 Å². The average molecular weight is 428 g/mol. The topological polar surface area (TPSA) is 68.8 Å². The number of carbonyl (C=O) groups excluding carboxylic acids is 2. The Labute approximate surface area is 181 Å². The minimum atomic E-state index is 0.228. The Morgan fingerprint density at radius 1 is 0.600 bits per heavy atom. The van der Waals surface area contributed by atoms with Crippen LogP contribution in [0.2, 0.25) is 0 Å². The molecule has 2 saturated heterocycles. The van der Waals surface area contributed by atoms with Gasteiger partial charge in [-0.3, -0.25) is 9.59 Å². The zero-order valence-electron chi connectivity index (χ0n) is 19.2. The number of ether oxygens (including phenoxy) is 2. The number of amides is 2. The molecule has 2 rings (SSSR count). The highest BCUT2D eigenvalue weighted by Gasteiger charge is 2.18. The van der Waals surface area contributed by atoms with Crippen molar-refractivity contribution in [3.63, 3.8) is 0 Å². The second kappa shape index (κ2) is 13.9. The molecule has 0 aromatic carbocycles. The maximum atomic E-state index is 12.2. The molecule has 0 aromatic rings. The van der Waals surface area contributed by atoms with Crippen molar-refractivity contribution in [2.45, 2.75) is 12.8 Å². The van der Waals surface area contributed by atoms with E-state index >= 15 is 0 Å². The molecule has 2 aliphatic rings. The van der Waals surface area contributed by atoms with E-state index in [4.69, 9.17) is 9.47 Å². The van der Waals surface area contributed by atoms with E-state index in [1.165, 1.54) is 0 Å². The van der Waals surface area contributed by atoms with E-state index in [0.29, 0.717) is 39.3 Å². The van der Waals surface area contributed by atoms with Crippen LogP contribution in [0.5, 0.6) is 0 Å². The Hall–Kier alpha value is -1.26. The van der Waals surface area contributed by atoms with Crippen molar-refractivity contribution >= 4 is 11.8 Å². The Balaban J connectivity index is 1.50. The van der Waals surface area contributed by atoms with Crippen LogP contribution in [0.3, 0.4) is 0 Å². The number of rotatable bonds is 12. The number of nitrogens with zero attached hydrogens (tertiary/aromatic N) is 5. The standard InChI is InChI=1S/C21H41N5O4/c1-22(6-4-20(27)25-12-16-29-17-13-25)8-10-24(3)11-9-23(2)7-5-21(28)26-14-18-30-19-15-26/h4-19H2,1-3H3. The van der Waals surface area contributed by atoms with Crippen LogP contribution >= 0.6 is 0 Å². The van der Waals surface area contributed by atoms with Gasteiger partial charge in [-0.25, -0.2) is 0 Å². The van der Waals surface area contributed by atoms with E-state index in [2.05, 4.69) is 35.8 Å². The van der Waals surface area contributed by atoms with Crippen molar-refractivity contribution in [1.82, 2.24) is 24.5 Å². The summed E-state index contributed by atoms with van der Waals surface area (Å²) in [6, 6.07) is 0. The number of carbonyl (C=O) groups is 2. The summed E-state index contributed by atoms with van der Waals surface area (Å²) in [6.07, 6.45) is 1.14. The Morgan fingerprint density at radius 3 is 1.23 bits per heavy atom. The Kier molecular flexibility index (Phi) is 11.6. The van der Waals surface area contributed by atoms with Gasteiger partial charge in [-0.15, -0.1) is 0 Å². The highest BCUT2D eigenvalue weighted by Crippen LogP contribution is 2.02. The van der Waals surface area contributed by atoms with E-state index < -0.39 is 0 Å². The average Bonchev–Trinajstić information content (AvgIpc) is 2.79. The molecule has 2 amide bonds. The van der Waals surface area contributed by atoms with Gasteiger partial charge in [0.2, 0.25) is 11.8 Å². The van der Waals surface area contributed by atoms with E-state index in [-0.39, 0.29) is 11.8 Å². The number of hydrogen-bond acceptors (Lipinski definition) is 7. The molecule has 9 nitrogen and oxygen atoms in total. The van der Waals surface area contributed by atoms with Crippen molar-refractivity contribution < 1.29 is 19.1 Å². The van der Waals surface area contributed by atoms with Crippen molar-refractivity contribution in [3.05, 3.63) is 0 Å². The molecule has 2 heterocycles. The molecule has 0 bridgehead atoms. The van der Waals surface area contributed by atoms with Crippen LogP contribution < -0.4 is 0 Å². The molecule has 174 valence electrons. The van der Waals surface area contributed by atoms with Gasteiger partial charge in [-0.2, -0.15) is 0 Å². The Bertz CT molecular complexity index is 466. The lowest BCUT2D eigenvalue weighted by Crippen LogP contribution is -2.42. The van der Waals surface area contributed by atoms with E-state index in [0.717, 1.165) is 65.4 Å². The SMILES string of the molecule is CN(CCC(=O)N1CCOCC1)CCN(C)CCN(C)CCC(=O)N1CCOCC1. The molecule has 0 atom stereocenters. The first-order valence-electron chi connectivity index (χ1n) is 11.2. The number of hydrogen-bond donors (Lipinski definition) is 0. The third kappa shape index (κ3) is 9.70. The molecular weight excluding hydrogens is 386 g/mol. The van der Waals surface area contributed by atoms with Crippen LogP contribution in [0.4, 0.5) is 0 Å². The minimum Gasteiger partial charge on any atom is -0.378 e. The predicted octanol–water partition coefficient (Wildman–Crippen LogP) is -0.720. The summed E-state index contributed by atoms with van der Waals surface area (Å²) in [4.78, 5) is 35.0. The van der Waals surface area contributed by atoms with Crippen molar-refractivity contribution in [1.29, 1.82) is 0 Å². The highest BCUT2D eigenvalue weighted by atomic mass is 16.5. The second-order valence-electron chi connectivity index (χ2n) is 8.40. The summed E-state index contributed by atoms with van der Waals surface area (Å²) in [5, 5.41) is 0. The molecular formula is C21H41N5O4. The summed E-state index contributed by atoms with van der Waals surface area (Å²) < 4.78 is 10.6. The summed E-state index contributed by atoms with van der Waals surface area (Å²) in [5.41, 5.74) is 0. The molecule has 0 radical (unpaired) electrons. The molecule has 0 unspecified atom stereocenters. The fourth-order valence-electron chi connectivity index (χ4n) is 3.53. The highest BCUT2D eigenvalue weighted by molar-refractivity contribution is 5.76. The molecule has 0 aromatic heterocycles. The van der Waals surface area contributed by atoms with Gasteiger partial charge in [0.25, 0.3) is 0 Å². The van der Waals surface area contributed by atoms with Gasteiger partial charge in [-0.1, -0.05) is 0 Å². The fourth-order valence-corrected chi connectivity index (χ4v) is 3.53. The van der Waals surface area contributed by atoms with Crippen molar-refractivity contribution in [2.24, 2.45) is 0 Å². The molecule has 9 heteroatoms. The minimum absolute atomic E-state index is 0.228. The smallest absolute Gasteiger partial charge is 0.224 e. The van der Waals surface area contributed by atoms with Crippen LogP contribution in [-0.2, 0) is 19.1 Å². The maximum absolute atomic E-state index is 12.2. The second-order valence-corrected chi connectivity index (χ2v) is 8.40. The zero-order chi connectivity index (χ0) is 21.8. The summed E-state index contributed by atoms with van der Waals surface area (Å²) in [5.74, 6) is 0.457. The molecule has 0 aliphatic carbocycles. The predicted molar refractivity (Wildman–Crippen MR) is 117 cm³/mol. The Morgan fingerprint density at radius 2 is 0.900 bits per heavy atom. The third-order valence-electron chi connectivity index (χ3n) is 5.87. The van der Waals surface area contributed by atoms with E-state index in [1.807, 2.05) is 9.80 Å². The lowest BCUT2D eigenvalue weighted by molar-refractivity contribution is -0.136. The quantitative estimate of drug-likeness (QED) is 0.407.